The van der Waals surface area contributed by atoms with Crippen molar-refractivity contribution in [3.63, 3.8) is 0 Å². The van der Waals surface area contributed by atoms with Crippen molar-refractivity contribution in [2.24, 2.45) is 0 Å². The third kappa shape index (κ3) is 2.46. The van der Waals surface area contributed by atoms with Crippen molar-refractivity contribution in [3.05, 3.63) is 49.0 Å². The molecule has 2 aromatic rings. The van der Waals surface area contributed by atoms with Crippen LogP contribution < -0.4 is 4.74 Å². The standard InChI is InChI=1S/C12H8Br2O2S/c1-16-9-5-3-2-4-7(9)11(15)12-10(14)8(13)6-17-12/h2-6H,1H3. The van der Waals surface area contributed by atoms with Gasteiger partial charge in [0.05, 0.1) is 22.0 Å². The van der Waals surface area contributed by atoms with Crippen LogP contribution in [0.3, 0.4) is 0 Å². The van der Waals surface area contributed by atoms with Crippen molar-refractivity contribution in [2.45, 2.75) is 0 Å². The van der Waals surface area contributed by atoms with Crippen molar-refractivity contribution in [2.75, 3.05) is 7.11 Å². The number of para-hydroxylation sites is 1. The number of ketones is 1. The van der Waals surface area contributed by atoms with Crippen LogP contribution >= 0.6 is 43.2 Å². The zero-order valence-corrected chi connectivity index (χ0v) is 12.9. The summed E-state index contributed by atoms with van der Waals surface area (Å²) in [5.74, 6) is 0.555. The normalized spacial score (nSPS) is 10.3. The van der Waals surface area contributed by atoms with Gasteiger partial charge in [0.15, 0.2) is 0 Å². The highest BCUT2D eigenvalue weighted by Gasteiger charge is 2.19. The number of hydrogen-bond acceptors (Lipinski definition) is 3. The summed E-state index contributed by atoms with van der Waals surface area (Å²) in [4.78, 5) is 13.0. The van der Waals surface area contributed by atoms with Gasteiger partial charge in [-0.05, 0) is 44.0 Å². The number of halogens is 2. The largest absolute Gasteiger partial charge is 0.496 e. The van der Waals surface area contributed by atoms with E-state index in [-0.39, 0.29) is 5.78 Å². The second kappa shape index (κ2) is 5.33. The first-order valence-electron chi connectivity index (χ1n) is 4.75. The Bertz CT molecular complexity index is 563. The zero-order chi connectivity index (χ0) is 12.4. The van der Waals surface area contributed by atoms with Gasteiger partial charge in [-0.25, -0.2) is 0 Å². The molecule has 1 aromatic carbocycles. The summed E-state index contributed by atoms with van der Waals surface area (Å²) in [6.45, 7) is 0. The lowest BCUT2D eigenvalue weighted by atomic mass is 10.1. The van der Waals surface area contributed by atoms with Gasteiger partial charge in [-0.3, -0.25) is 4.79 Å². The fourth-order valence-corrected chi connectivity index (χ4v) is 3.54. The SMILES string of the molecule is COc1ccccc1C(=O)c1scc(Br)c1Br. The van der Waals surface area contributed by atoms with Gasteiger partial charge in [0.1, 0.15) is 5.75 Å². The molecule has 0 saturated heterocycles. The van der Waals surface area contributed by atoms with E-state index in [1.54, 1.807) is 19.2 Å². The van der Waals surface area contributed by atoms with E-state index in [1.165, 1.54) is 11.3 Å². The van der Waals surface area contributed by atoms with E-state index in [4.69, 9.17) is 4.74 Å². The number of carbonyl (C=O) groups is 1. The van der Waals surface area contributed by atoms with E-state index in [1.807, 2.05) is 17.5 Å². The summed E-state index contributed by atoms with van der Waals surface area (Å²) < 4.78 is 6.87. The molecule has 1 aromatic heterocycles. The molecule has 0 bridgehead atoms. The molecule has 1 heterocycles. The number of thiophene rings is 1. The summed E-state index contributed by atoms with van der Waals surface area (Å²) in [6.07, 6.45) is 0. The maximum absolute atomic E-state index is 12.3. The highest BCUT2D eigenvalue weighted by atomic mass is 79.9. The van der Waals surface area contributed by atoms with Crippen LogP contribution in [0, 0.1) is 0 Å². The van der Waals surface area contributed by atoms with E-state index in [0.29, 0.717) is 16.2 Å². The average Bonchev–Trinajstić information content (AvgIpc) is 2.69. The van der Waals surface area contributed by atoms with E-state index in [9.17, 15) is 4.79 Å². The number of benzene rings is 1. The summed E-state index contributed by atoms with van der Waals surface area (Å²) >= 11 is 8.17. The summed E-state index contributed by atoms with van der Waals surface area (Å²) in [5, 5.41) is 1.88. The molecule has 88 valence electrons. The van der Waals surface area contributed by atoms with Gasteiger partial charge in [-0.1, -0.05) is 12.1 Å². The molecule has 0 fully saturated rings. The van der Waals surface area contributed by atoms with Crippen molar-refractivity contribution in [1.29, 1.82) is 0 Å². The Kier molecular flexibility index (Phi) is 4.01. The van der Waals surface area contributed by atoms with Crippen LogP contribution in [0.5, 0.6) is 5.75 Å². The average molecular weight is 376 g/mol. The molecular weight excluding hydrogens is 368 g/mol. The highest BCUT2D eigenvalue weighted by Crippen LogP contribution is 2.35. The van der Waals surface area contributed by atoms with Crippen LogP contribution in [0.2, 0.25) is 0 Å². The Morgan fingerprint density at radius 2 is 2.00 bits per heavy atom. The molecule has 0 aliphatic rings. The Balaban J connectivity index is 2.47. The quantitative estimate of drug-likeness (QED) is 0.737. The predicted octanol–water partition coefficient (Wildman–Crippen LogP) is 4.51. The second-order valence-corrected chi connectivity index (χ2v) is 5.78. The lowest BCUT2D eigenvalue weighted by Crippen LogP contribution is -2.02. The number of carbonyl (C=O) groups excluding carboxylic acids is 1. The molecule has 0 spiro atoms. The maximum atomic E-state index is 12.3. The Morgan fingerprint density at radius 3 is 2.59 bits per heavy atom. The second-order valence-electron chi connectivity index (χ2n) is 3.26. The fraction of sp³-hybridized carbons (Fsp3) is 0.0833. The fourth-order valence-electron chi connectivity index (χ4n) is 1.43. The lowest BCUT2D eigenvalue weighted by molar-refractivity contribution is 0.103. The van der Waals surface area contributed by atoms with E-state index < -0.39 is 0 Å². The zero-order valence-electron chi connectivity index (χ0n) is 8.87. The summed E-state index contributed by atoms with van der Waals surface area (Å²) in [6, 6.07) is 7.21. The third-order valence-corrected chi connectivity index (χ3v) is 5.77. The molecule has 0 atom stereocenters. The van der Waals surface area contributed by atoms with Gasteiger partial charge in [-0.2, -0.15) is 0 Å². The molecule has 0 radical (unpaired) electrons. The topological polar surface area (TPSA) is 26.3 Å². The molecule has 0 aliphatic carbocycles. The van der Waals surface area contributed by atoms with Gasteiger partial charge < -0.3 is 4.74 Å². The number of rotatable bonds is 3. The van der Waals surface area contributed by atoms with Crippen LogP contribution in [0.1, 0.15) is 15.2 Å². The molecule has 0 N–H and O–H groups in total. The maximum Gasteiger partial charge on any atom is 0.207 e. The van der Waals surface area contributed by atoms with Gasteiger partial charge >= 0.3 is 0 Å². The molecule has 2 rings (SSSR count). The first-order chi connectivity index (χ1) is 8.15. The number of ether oxygens (including phenoxy) is 1. The minimum atomic E-state index is -0.0370. The van der Waals surface area contributed by atoms with Crippen LogP contribution in [0.15, 0.2) is 38.6 Å². The van der Waals surface area contributed by atoms with Gasteiger partial charge in [0.25, 0.3) is 0 Å². The van der Waals surface area contributed by atoms with Crippen LogP contribution in [-0.4, -0.2) is 12.9 Å². The third-order valence-electron chi connectivity index (χ3n) is 2.25. The van der Waals surface area contributed by atoms with Crippen LogP contribution in [0.25, 0.3) is 0 Å². The Labute approximate surface area is 120 Å². The van der Waals surface area contributed by atoms with Crippen LogP contribution in [-0.2, 0) is 0 Å². The minimum Gasteiger partial charge on any atom is -0.496 e. The summed E-state index contributed by atoms with van der Waals surface area (Å²) in [5.41, 5.74) is 0.574. The van der Waals surface area contributed by atoms with Crippen LogP contribution in [0.4, 0.5) is 0 Å². The number of methoxy groups -OCH3 is 1. The summed E-state index contributed by atoms with van der Waals surface area (Å²) in [7, 11) is 1.56. The molecular formula is C12H8Br2O2S. The Hall–Kier alpha value is -0.650. The first-order valence-corrected chi connectivity index (χ1v) is 7.22. The molecule has 2 nitrogen and oxygen atoms in total. The smallest absolute Gasteiger partial charge is 0.207 e. The first kappa shape index (κ1) is 12.8. The van der Waals surface area contributed by atoms with Gasteiger partial charge in [-0.15, -0.1) is 11.3 Å². The van der Waals surface area contributed by atoms with Crippen molar-refractivity contribution >= 4 is 49.0 Å². The van der Waals surface area contributed by atoms with Crippen molar-refractivity contribution in [1.82, 2.24) is 0 Å². The molecule has 0 saturated carbocycles. The Morgan fingerprint density at radius 1 is 1.29 bits per heavy atom. The molecule has 0 amide bonds. The van der Waals surface area contributed by atoms with E-state index in [0.717, 1.165) is 8.95 Å². The minimum absolute atomic E-state index is 0.0370. The molecule has 5 heteroatoms. The highest BCUT2D eigenvalue weighted by molar-refractivity contribution is 9.13. The molecule has 17 heavy (non-hydrogen) atoms. The van der Waals surface area contributed by atoms with Gasteiger partial charge in [0.2, 0.25) is 5.78 Å². The number of hydrogen-bond donors (Lipinski definition) is 0. The predicted molar refractivity (Wildman–Crippen MR) is 76.1 cm³/mol. The lowest BCUT2D eigenvalue weighted by Gasteiger charge is -2.06. The van der Waals surface area contributed by atoms with E-state index in [2.05, 4.69) is 31.9 Å². The van der Waals surface area contributed by atoms with Crippen molar-refractivity contribution < 1.29 is 9.53 Å². The molecule has 0 aliphatic heterocycles. The van der Waals surface area contributed by atoms with E-state index >= 15 is 0 Å². The monoisotopic (exact) mass is 374 g/mol. The van der Waals surface area contributed by atoms with Crippen molar-refractivity contribution in [3.8, 4) is 5.75 Å². The molecule has 0 unspecified atom stereocenters. The van der Waals surface area contributed by atoms with Gasteiger partial charge in [0, 0.05) is 9.85 Å².